The van der Waals surface area contributed by atoms with Gasteiger partial charge in [0.1, 0.15) is 23.4 Å². The SMILES string of the molecule is Cc1ccc(C(=O)C[C@@H](CC(C(=O)OC(C)(C)C)C(C)(C)C)C(=O)N2CCN(CCCOc3ccc4nccc(C(=O)CCC(=O)N5CC(F)(F)C[C@H]5C#N)c4c3)CC2)cn1.O=C([O-])C(F)(F)F.O=C=O. The van der Waals surface area contributed by atoms with E-state index in [4.69, 9.17) is 29.0 Å². The number of fused-ring (bicyclic) bond motifs is 1. The van der Waals surface area contributed by atoms with Gasteiger partial charge in [0, 0.05) is 98.9 Å². The molecule has 1 aromatic carbocycles. The molecule has 0 spiro atoms. The molecule has 2 amide bonds. The Morgan fingerprint density at radius 2 is 1.55 bits per heavy atom. The fourth-order valence-corrected chi connectivity index (χ4v) is 7.79. The number of piperazine rings is 1. The van der Waals surface area contributed by atoms with Gasteiger partial charge in [0.05, 0.1) is 30.7 Å². The van der Waals surface area contributed by atoms with Crippen LogP contribution in [0, 0.1) is 35.5 Å². The minimum Gasteiger partial charge on any atom is -0.542 e. The zero-order valence-electron chi connectivity index (χ0n) is 40.6. The quantitative estimate of drug-likeness (QED) is 0.0738. The van der Waals surface area contributed by atoms with E-state index in [0.717, 1.165) is 10.6 Å². The molecule has 17 nitrogen and oxygen atoms in total. The summed E-state index contributed by atoms with van der Waals surface area (Å²) in [6.07, 6.45) is -2.35. The number of ether oxygens (including phenoxy) is 2. The van der Waals surface area contributed by atoms with Crippen molar-refractivity contribution in [3.8, 4) is 11.8 Å². The summed E-state index contributed by atoms with van der Waals surface area (Å²) in [5.74, 6) is -8.73. The van der Waals surface area contributed by atoms with Crippen molar-refractivity contribution in [2.75, 3.05) is 45.9 Å². The number of esters is 1. The zero-order chi connectivity index (χ0) is 53.5. The van der Waals surface area contributed by atoms with E-state index in [2.05, 4.69) is 14.9 Å². The standard InChI is InChI=1S/C46H58F2N6O7.C2HF3O2.CO2/c1-30-9-10-31(28-51-30)40(56)24-32(23-37(44(2,3)4)43(59)61-45(5,6)7)42(58)53-20-18-52(19-21-53)17-8-22-60-34-11-12-38-36(25-34)35(15-16-50-38)39(55)13-14-41(57)54-29-46(47,48)26-33(54)27-49;3-2(4,5)1(6)7;2-1-3/h9-12,15-16,25,28,32-33,37H,8,13-14,17-24,26,29H2,1-7H3;(H,6,7);/p-1/t32-,33+,37?;;/m1../s1. The van der Waals surface area contributed by atoms with Crippen molar-refractivity contribution in [1.82, 2.24) is 24.7 Å². The number of ketones is 2. The molecule has 5 rings (SSSR count). The van der Waals surface area contributed by atoms with Crippen LogP contribution in [-0.4, -0.2) is 136 Å². The van der Waals surface area contributed by atoms with E-state index in [1.54, 1.807) is 47.4 Å². The highest BCUT2D eigenvalue weighted by atomic mass is 19.4. The van der Waals surface area contributed by atoms with Crippen molar-refractivity contribution in [3.63, 3.8) is 0 Å². The molecule has 3 atom stereocenters. The summed E-state index contributed by atoms with van der Waals surface area (Å²) in [6.45, 7) is 15.5. The Hall–Kier alpha value is -6.72. The van der Waals surface area contributed by atoms with Gasteiger partial charge in [0.2, 0.25) is 11.8 Å². The number of hydrogen-bond acceptors (Lipinski definition) is 15. The number of carboxylic acid groups (broad SMARTS) is 1. The van der Waals surface area contributed by atoms with Gasteiger partial charge >= 0.3 is 18.3 Å². The number of Topliss-reactive ketones (excluding diaryl/α,β-unsaturated/α-hetero) is 2. The molecule has 3 aromatic rings. The lowest BCUT2D eigenvalue weighted by Gasteiger charge is -2.38. The number of carbonyl (C=O) groups excluding carboxylic acids is 8. The number of carboxylic acids is 1. The highest BCUT2D eigenvalue weighted by molar-refractivity contribution is 6.08. The summed E-state index contributed by atoms with van der Waals surface area (Å²) < 4.78 is 71.1. The fraction of sp³-hybridized carbons (Fsp3) is 0.551. The summed E-state index contributed by atoms with van der Waals surface area (Å²) in [5.41, 5.74) is 0.851. The normalized spacial score (nSPS) is 16.7. The third-order valence-electron chi connectivity index (χ3n) is 11.4. The number of likely N-dealkylation sites (tertiary alicyclic amines) is 1. The lowest BCUT2D eigenvalue weighted by atomic mass is 9.74. The minimum atomic E-state index is -5.19. The molecule has 2 aromatic heterocycles. The van der Waals surface area contributed by atoms with Gasteiger partial charge in [-0.2, -0.15) is 28.0 Å². The monoisotopic (exact) mass is 1000 g/mol. The van der Waals surface area contributed by atoms with E-state index < -0.39 is 65.8 Å². The summed E-state index contributed by atoms with van der Waals surface area (Å²) in [6, 6.07) is 10.8. The summed E-state index contributed by atoms with van der Waals surface area (Å²) in [4.78, 5) is 106. The van der Waals surface area contributed by atoms with Crippen LogP contribution in [0.25, 0.3) is 10.9 Å². The number of hydrogen-bond donors (Lipinski definition) is 0. The second kappa shape index (κ2) is 25.4. The van der Waals surface area contributed by atoms with Crippen LogP contribution in [0.4, 0.5) is 22.0 Å². The molecule has 0 bridgehead atoms. The van der Waals surface area contributed by atoms with Gasteiger partial charge in [0.15, 0.2) is 11.6 Å². The molecule has 71 heavy (non-hydrogen) atoms. The van der Waals surface area contributed by atoms with Crippen LogP contribution in [0.15, 0.2) is 48.8 Å². The molecule has 386 valence electrons. The van der Waals surface area contributed by atoms with Crippen LogP contribution in [-0.2, 0) is 33.5 Å². The number of alkyl halides is 5. The molecular formula is C49H58F5N6O11-. The topological polar surface area (TPSA) is 237 Å². The second-order valence-electron chi connectivity index (χ2n) is 19.1. The molecule has 4 heterocycles. The van der Waals surface area contributed by atoms with Crippen LogP contribution >= 0.6 is 0 Å². The van der Waals surface area contributed by atoms with Crippen LogP contribution in [0.1, 0.15) is 106 Å². The number of nitriles is 1. The lowest BCUT2D eigenvalue weighted by molar-refractivity contribution is -0.344. The number of rotatable bonds is 16. The number of carbonyl (C=O) groups is 6. The maximum atomic E-state index is 14.2. The Bertz CT molecular complexity index is 2430. The third-order valence-corrected chi connectivity index (χ3v) is 11.4. The predicted octanol–water partition coefficient (Wildman–Crippen LogP) is 5.57. The van der Waals surface area contributed by atoms with Crippen LogP contribution in [0.3, 0.4) is 0 Å². The Labute approximate surface area is 407 Å². The molecule has 0 N–H and O–H groups in total. The molecule has 2 fully saturated rings. The highest BCUT2D eigenvalue weighted by Crippen LogP contribution is 2.36. The van der Waals surface area contributed by atoms with Gasteiger partial charge in [-0.3, -0.25) is 38.8 Å². The largest absolute Gasteiger partial charge is 0.542 e. The van der Waals surface area contributed by atoms with Crippen LogP contribution in [0.5, 0.6) is 5.75 Å². The summed E-state index contributed by atoms with van der Waals surface area (Å²) in [7, 11) is 0. The Kier molecular flexibility index (Phi) is 21.0. The van der Waals surface area contributed by atoms with Gasteiger partial charge < -0.3 is 29.2 Å². The third kappa shape index (κ3) is 18.5. The number of aliphatic carboxylic acids is 1. The van der Waals surface area contributed by atoms with Crippen molar-refractivity contribution in [2.45, 2.75) is 111 Å². The summed E-state index contributed by atoms with van der Waals surface area (Å²) in [5, 5.41) is 18.6. The second-order valence-corrected chi connectivity index (χ2v) is 19.1. The van der Waals surface area contributed by atoms with Crippen LogP contribution < -0.4 is 9.84 Å². The molecule has 2 aliphatic heterocycles. The highest BCUT2D eigenvalue weighted by Gasteiger charge is 2.47. The van der Waals surface area contributed by atoms with Gasteiger partial charge in [-0.15, -0.1) is 0 Å². The van der Waals surface area contributed by atoms with Gasteiger partial charge in [-0.1, -0.05) is 20.8 Å². The van der Waals surface area contributed by atoms with Crippen molar-refractivity contribution in [3.05, 3.63) is 65.6 Å². The number of aryl methyl sites for hydroxylation is 1. The van der Waals surface area contributed by atoms with E-state index in [-0.39, 0.29) is 55.3 Å². The molecule has 2 aliphatic rings. The van der Waals surface area contributed by atoms with E-state index >= 15 is 0 Å². The van der Waals surface area contributed by atoms with E-state index in [9.17, 15) is 51.2 Å². The number of nitrogens with zero attached hydrogens (tertiary/aromatic N) is 6. The van der Waals surface area contributed by atoms with Crippen molar-refractivity contribution >= 4 is 52.4 Å². The number of amides is 2. The number of halogens is 5. The fourth-order valence-electron chi connectivity index (χ4n) is 7.79. The van der Waals surface area contributed by atoms with Gasteiger partial charge in [-0.05, 0) is 82.3 Å². The summed E-state index contributed by atoms with van der Waals surface area (Å²) >= 11 is 0. The average molecular weight is 1000 g/mol. The maximum Gasteiger partial charge on any atom is 0.430 e. The zero-order valence-corrected chi connectivity index (χ0v) is 40.6. The predicted molar refractivity (Wildman–Crippen MR) is 240 cm³/mol. The molecule has 1 unspecified atom stereocenters. The number of aromatic nitrogens is 2. The molecule has 0 saturated carbocycles. The van der Waals surface area contributed by atoms with E-state index in [1.165, 1.54) is 12.4 Å². The first-order valence-corrected chi connectivity index (χ1v) is 22.6. The van der Waals surface area contributed by atoms with Crippen molar-refractivity contribution in [1.29, 1.82) is 5.26 Å². The van der Waals surface area contributed by atoms with Crippen LogP contribution in [0.2, 0.25) is 0 Å². The molecular weight excluding hydrogens is 944 g/mol. The van der Waals surface area contributed by atoms with Crippen molar-refractivity contribution in [2.24, 2.45) is 17.3 Å². The maximum absolute atomic E-state index is 14.2. The average Bonchev–Trinajstić information content (AvgIpc) is 3.61. The smallest absolute Gasteiger partial charge is 0.430 e. The Morgan fingerprint density at radius 3 is 2.10 bits per heavy atom. The number of benzene rings is 1. The minimum absolute atomic E-state index is 0.0527. The molecule has 0 radical (unpaired) electrons. The Balaban J connectivity index is 0.00000121. The first-order chi connectivity index (χ1) is 33.0. The molecule has 22 heteroatoms. The van der Waals surface area contributed by atoms with Gasteiger partial charge in [0.25, 0.3) is 5.92 Å². The van der Waals surface area contributed by atoms with E-state index in [0.29, 0.717) is 73.5 Å². The van der Waals surface area contributed by atoms with Gasteiger partial charge in [-0.25, -0.2) is 8.78 Å². The number of pyridine rings is 2. The lowest BCUT2D eigenvalue weighted by Crippen LogP contribution is -2.51. The first-order valence-electron chi connectivity index (χ1n) is 22.6. The molecule has 0 aliphatic carbocycles. The first kappa shape index (κ1) is 58.6. The van der Waals surface area contributed by atoms with Crippen molar-refractivity contribution < 1.29 is 74.9 Å². The van der Waals surface area contributed by atoms with E-state index in [1.807, 2.05) is 48.5 Å². The molecule has 2 saturated heterocycles. The Morgan fingerprint density at radius 1 is 0.915 bits per heavy atom.